The van der Waals surface area contributed by atoms with Gasteiger partial charge in [0.25, 0.3) is 0 Å². The zero-order valence-corrected chi connectivity index (χ0v) is 19.5. The van der Waals surface area contributed by atoms with E-state index in [2.05, 4.69) is 9.98 Å². The fourth-order valence-corrected chi connectivity index (χ4v) is 4.11. The summed E-state index contributed by atoms with van der Waals surface area (Å²) in [4.78, 5) is 21.2. The summed E-state index contributed by atoms with van der Waals surface area (Å²) in [6.07, 6.45) is -4.00. The molecule has 0 atom stereocenters. The van der Waals surface area contributed by atoms with Gasteiger partial charge in [0.15, 0.2) is 0 Å². The van der Waals surface area contributed by atoms with E-state index in [0.717, 1.165) is 16.3 Å². The van der Waals surface area contributed by atoms with E-state index in [1.54, 1.807) is 24.3 Å². The van der Waals surface area contributed by atoms with Crippen LogP contribution in [0.1, 0.15) is 20.9 Å². The Balaban J connectivity index is 1.55. The van der Waals surface area contributed by atoms with Crippen LogP contribution in [-0.2, 0) is 11.3 Å². The first-order valence-electron chi connectivity index (χ1n) is 10.2. The second-order valence-corrected chi connectivity index (χ2v) is 8.80. The van der Waals surface area contributed by atoms with Crippen molar-refractivity contribution in [2.24, 2.45) is 10.7 Å². The number of esters is 1. The molecule has 1 aromatic heterocycles. The predicted molar refractivity (Wildman–Crippen MR) is 131 cm³/mol. The number of nitrogens with two attached hydrogens (primary N) is 1. The molecule has 0 fully saturated rings. The second-order valence-electron chi connectivity index (χ2n) is 7.27. The van der Waals surface area contributed by atoms with E-state index in [9.17, 15) is 18.0 Å². The van der Waals surface area contributed by atoms with Gasteiger partial charge in [-0.3, -0.25) is 0 Å². The van der Waals surface area contributed by atoms with Gasteiger partial charge in [0.2, 0.25) is 0 Å². The highest BCUT2D eigenvalue weighted by molar-refractivity contribution is 7.18. The molecule has 10 heteroatoms. The highest BCUT2D eigenvalue weighted by atomic mass is 35.5. The van der Waals surface area contributed by atoms with Crippen LogP contribution in [0.15, 0.2) is 89.6 Å². The number of carbonyl (C=O) groups excluding carboxylic acids is 1. The summed E-state index contributed by atoms with van der Waals surface area (Å²) in [7, 11) is 0. The van der Waals surface area contributed by atoms with Crippen molar-refractivity contribution in [3.05, 3.63) is 106 Å². The molecule has 4 aromatic rings. The number of hydrogen-bond acceptors (Lipinski definition) is 6. The van der Waals surface area contributed by atoms with Crippen LogP contribution in [-0.4, -0.2) is 22.8 Å². The number of halogens is 4. The normalized spacial score (nSPS) is 12.7. The molecule has 0 radical (unpaired) electrons. The molecule has 178 valence electrons. The molecule has 2 N–H and O–H groups in total. The van der Waals surface area contributed by atoms with Gasteiger partial charge in [-0.2, -0.15) is 13.2 Å². The highest BCUT2D eigenvalue weighted by Crippen LogP contribution is 2.27. The first-order chi connectivity index (χ1) is 16.7. The summed E-state index contributed by atoms with van der Waals surface area (Å²) in [5.74, 6) is -0.592. The molecular weight excluding hydrogens is 499 g/mol. The molecule has 0 saturated heterocycles. The predicted octanol–water partition coefficient (Wildman–Crippen LogP) is 6.83. The number of nitrogens with zero attached hydrogens (tertiary/aromatic N) is 2. The van der Waals surface area contributed by atoms with Crippen molar-refractivity contribution >= 4 is 50.5 Å². The van der Waals surface area contributed by atoms with Gasteiger partial charge >= 0.3 is 12.1 Å². The maximum atomic E-state index is 13.1. The minimum Gasteiger partial charge on any atom is -0.455 e. The van der Waals surface area contributed by atoms with E-state index in [1.807, 2.05) is 24.3 Å². The van der Waals surface area contributed by atoms with Gasteiger partial charge in [0.1, 0.15) is 17.3 Å². The van der Waals surface area contributed by atoms with Crippen LogP contribution in [0, 0.1) is 0 Å². The van der Waals surface area contributed by atoms with Gasteiger partial charge < -0.3 is 10.5 Å². The second kappa shape index (κ2) is 10.3. The molecule has 5 nitrogen and oxygen atoms in total. The molecule has 0 unspecified atom stereocenters. The van der Waals surface area contributed by atoms with Crippen LogP contribution >= 0.6 is 22.9 Å². The van der Waals surface area contributed by atoms with Crippen molar-refractivity contribution in [1.82, 2.24) is 4.98 Å². The zero-order chi connectivity index (χ0) is 25.0. The SMILES string of the molecule is N/C(=C\C(=Nc1ccccc1Cl)c1ccc(C(=O)OCc2nc3ccccc3s2)cc1)C(F)(F)F. The number of carbonyl (C=O) groups is 1. The summed E-state index contributed by atoms with van der Waals surface area (Å²) in [6, 6.07) is 19.8. The number of rotatable bonds is 6. The molecule has 0 spiro atoms. The standard InChI is InChI=1S/C25H17ClF3N3O2S/c26-17-5-1-2-6-18(17)31-20(13-22(30)25(27,28)29)15-9-11-16(12-10-15)24(33)34-14-23-32-19-7-3-4-8-21(19)35-23/h1-13H,14,30H2/b22-13-,31-20?. The summed E-state index contributed by atoms with van der Waals surface area (Å²) in [5.41, 5.74) is 5.46. The minimum atomic E-state index is -4.73. The number of fused-ring (bicyclic) bond motifs is 1. The fraction of sp³-hybridized carbons (Fsp3) is 0.0800. The number of thiazole rings is 1. The van der Waals surface area contributed by atoms with Crippen molar-refractivity contribution in [1.29, 1.82) is 0 Å². The molecule has 0 aliphatic carbocycles. The van der Waals surface area contributed by atoms with Crippen LogP contribution in [0.4, 0.5) is 18.9 Å². The summed E-state index contributed by atoms with van der Waals surface area (Å²) < 4.78 is 45.5. The third kappa shape index (κ3) is 6.06. The smallest absolute Gasteiger partial charge is 0.430 e. The van der Waals surface area contributed by atoms with Crippen LogP contribution in [0.25, 0.3) is 10.2 Å². The average molecular weight is 516 g/mol. The van der Waals surface area contributed by atoms with Crippen LogP contribution in [0.3, 0.4) is 0 Å². The number of allylic oxidation sites excluding steroid dienone is 2. The first-order valence-corrected chi connectivity index (χ1v) is 11.4. The number of benzene rings is 3. The Morgan fingerprint density at radius 2 is 1.69 bits per heavy atom. The molecule has 4 rings (SSSR count). The molecule has 0 saturated carbocycles. The Morgan fingerprint density at radius 3 is 2.37 bits per heavy atom. The Morgan fingerprint density at radius 1 is 1.03 bits per heavy atom. The third-order valence-corrected chi connectivity index (χ3v) is 6.12. The lowest BCUT2D eigenvalue weighted by Crippen LogP contribution is -2.21. The fourth-order valence-electron chi connectivity index (χ4n) is 3.05. The molecule has 0 amide bonds. The lowest BCUT2D eigenvalue weighted by molar-refractivity contribution is -0.0925. The third-order valence-electron chi connectivity index (χ3n) is 4.79. The van der Waals surface area contributed by atoms with Crippen LogP contribution in [0.2, 0.25) is 5.02 Å². The number of ether oxygens (including phenoxy) is 1. The van der Waals surface area contributed by atoms with Crippen LogP contribution < -0.4 is 5.73 Å². The number of hydrogen-bond donors (Lipinski definition) is 1. The number of para-hydroxylation sites is 2. The molecule has 0 bridgehead atoms. The van der Waals surface area contributed by atoms with Crippen molar-refractivity contribution in [2.45, 2.75) is 12.8 Å². The zero-order valence-electron chi connectivity index (χ0n) is 17.9. The van der Waals surface area contributed by atoms with E-state index in [1.165, 1.54) is 35.6 Å². The molecule has 3 aromatic carbocycles. The molecular formula is C25H17ClF3N3O2S. The highest BCUT2D eigenvalue weighted by Gasteiger charge is 2.31. The Hall–Kier alpha value is -3.69. The number of aliphatic imine (C=N–C) groups is 1. The number of alkyl halides is 3. The average Bonchev–Trinajstić information content (AvgIpc) is 3.26. The van der Waals surface area contributed by atoms with Crippen LogP contribution in [0.5, 0.6) is 0 Å². The lowest BCUT2D eigenvalue weighted by Gasteiger charge is -2.10. The summed E-state index contributed by atoms with van der Waals surface area (Å²) in [6.45, 7) is 0.00397. The van der Waals surface area contributed by atoms with Gasteiger partial charge in [0, 0.05) is 5.56 Å². The first kappa shape index (κ1) is 24.4. The largest absolute Gasteiger partial charge is 0.455 e. The molecule has 1 heterocycles. The van der Waals surface area contributed by atoms with Crippen molar-refractivity contribution in [2.75, 3.05) is 0 Å². The van der Waals surface area contributed by atoms with E-state index in [4.69, 9.17) is 22.1 Å². The number of aromatic nitrogens is 1. The van der Waals surface area contributed by atoms with E-state index in [-0.39, 0.29) is 28.6 Å². The Labute approximate surface area is 207 Å². The topological polar surface area (TPSA) is 77.6 Å². The van der Waals surface area contributed by atoms with Gasteiger partial charge in [-0.1, -0.05) is 48.0 Å². The maximum absolute atomic E-state index is 13.1. The molecule has 0 aliphatic rings. The molecule has 35 heavy (non-hydrogen) atoms. The van der Waals surface area contributed by atoms with Crippen molar-refractivity contribution in [3.8, 4) is 0 Å². The van der Waals surface area contributed by atoms with Crippen molar-refractivity contribution in [3.63, 3.8) is 0 Å². The Bertz CT molecular complexity index is 1400. The monoisotopic (exact) mass is 515 g/mol. The maximum Gasteiger partial charge on any atom is 0.430 e. The summed E-state index contributed by atoms with van der Waals surface area (Å²) in [5, 5.41) is 0.914. The van der Waals surface area contributed by atoms with Crippen molar-refractivity contribution < 1.29 is 22.7 Å². The quantitative estimate of drug-likeness (QED) is 0.225. The summed E-state index contributed by atoms with van der Waals surface area (Å²) >= 11 is 7.54. The van der Waals surface area contributed by atoms with E-state index >= 15 is 0 Å². The van der Waals surface area contributed by atoms with Gasteiger partial charge in [0.05, 0.1) is 32.2 Å². The minimum absolute atomic E-state index is 0.00397. The van der Waals surface area contributed by atoms with Gasteiger partial charge in [-0.25, -0.2) is 14.8 Å². The van der Waals surface area contributed by atoms with E-state index < -0.39 is 17.8 Å². The lowest BCUT2D eigenvalue weighted by atomic mass is 10.1. The molecule has 0 aliphatic heterocycles. The van der Waals surface area contributed by atoms with Gasteiger partial charge in [-0.15, -0.1) is 11.3 Å². The van der Waals surface area contributed by atoms with E-state index in [0.29, 0.717) is 10.6 Å². The van der Waals surface area contributed by atoms with Gasteiger partial charge in [-0.05, 0) is 42.5 Å². The Kier molecular flexibility index (Phi) is 7.18.